The smallest absolute Gasteiger partial charge is 0.360 e. The SMILES string of the molecule is CCOC(=O)c1ncoc1-c1ccc(C)c(F)c1. The van der Waals surface area contributed by atoms with Crippen LogP contribution in [-0.4, -0.2) is 17.6 Å². The molecule has 5 heteroatoms. The van der Waals surface area contributed by atoms with Crippen molar-refractivity contribution < 1.29 is 18.3 Å². The van der Waals surface area contributed by atoms with Gasteiger partial charge in [-0.1, -0.05) is 12.1 Å². The van der Waals surface area contributed by atoms with Crippen molar-refractivity contribution >= 4 is 5.97 Å². The molecule has 0 atom stereocenters. The van der Waals surface area contributed by atoms with Gasteiger partial charge in [-0.25, -0.2) is 14.2 Å². The Kier molecular flexibility index (Phi) is 3.41. The second-order valence-corrected chi connectivity index (χ2v) is 3.71. The number of carbonyl (C=O) groups is 1. The van der Waals surface area contributed by atoms with E-state index < -0.39 is 5.97 Å². The number of rotatable bonds is 3. The lowest BCUT2D eigenvalue weighted by Crippen LogP contribution is -2.06. The molecule has 94 valence electrons. The van der Waals surface area contributed by atoms with Gasteiger partial charge in [-0.2, -0.15) is 0 Å². The Labute approximate surface area is 103 Å². The summed E-state index contributed by atoms with van der Waals surface area (Å²) < 4.78 is 23.5. The molecule has 0 N–H and O–H groups in total. The van der Waals surface area contributed by atoms with Gasteiger partial charge in [-0.15, -0.1) is 0 Å². The van der Waals surface area contributed by atoms with Gasteiger partial charge >= 0.3 is 5.97 Å². The molecule has 2 aromatic rings. The Balaban J connectivity index is 2.42. The van der Waals surface area contributed by atoms with Gasteiger partial charge in [-0.05, 0) is 25.5 Å². The summed E-state index contributed by atoms with van der Waals surface area (Å²) in [7, 11) is 0. The molecule has 0 saturated heterocycles. The fourth-order valence-electron chi connectivity index (χ4n) is 1.53. The van der Waals surface area contributed by atoms with Gasteiger partial charge in [0.2, 0.25) is 0 Å². The van der Waals surface area contributed by atoms with Crippen molar-refractivity contribution in [2.75, 3.05) is 6.61 Å². The van der Waals surface area contributed by atoms with Crippen LogP contribution in [-0.2, 0) is 4.74 Å². The van der Waals surface area contributed by atoms with Gasteiger partial charge in [0.15, 0.2) is 17.8 Å². The first-order valence-electron chi connectivity index (χ1n) is 5.50. The lowest BCUT2D eigenvalue weighted by molar-refractivity contribution is 0.0520. The lowest BCUT2D eigenvalue weighted by atomic mass is 10.1. The fourth-order valence-corrected chi connectivity index (χ4v) is 1.53. The number of halogens is 1. The zero-order valence-corrected chi connectivity index (χ0v) is 10.1. The molecule has 0 aliphatic carbocycles. The van der Waals surface area contributed by atoms with Crippen LogP contribution in [0.2, 0.25) is 0 Å². The maximum Gasteiger partial charge on any atom is 0.360 e. The molecule has 1 heterocycles. The predicted molar refractivity (Wildman–Crippen MR) is 62.6 cm³/mol. The van der Waals surface area contributed by atoms with Crippen LogP contribution < -0.4 is 0 Å². The molecule has 0 spiro atoms. The first-order valence-corrected chi connectivity index (χ1v) is 5.50. The number of benzene rings is 1. The van der Waals surface area contributed by atoms with Crippen LogP contribution >= 0.6 is 0 Å². The lowest BCUT2D eigenvalue weighted by Gasteiger charge is -2.03. The predicted octanol–water partition coefficient (Wildman–Crippen LogP) is 2.97. The van der Waals surface area contributed by atoms with Gasteiger partial charge in [0.25, 0.3) is 0 Å². The minimum absolute atomic E-state index is 0.0557. The molecule has 0 amide bonds. The Hall–Kier alpha value is -2.17. The summed E-state index contributed by atoms with van der Waals surface area (Å²) >= 11 is 0. The molecular weight excluding hydrogens is 237 g/mol. The summed E-state index contributed by atoms with van der Waals surface area (Å²) in [6, 6.07) is 4.59. The van der Waals surface area contributed by atoms with Crippen molar-refractivity contribution in [2.45, 2.75) is 13.8 Å². The molecule has 0 aliphatic rings. The maximum atomic E-state index is 13.5. The van der Waals surface area contributed by atoms with Crippen LogP contribution in [0.5, 0.6) is 0 Å². The van der Waals surface area contributed by atoms with Crippen LogP contribution in [0.1, 0.15) is 23.0 Å². The quantitative estimate of drug-likeness (QED) is 0.785. The average Bonchev–Trinajstić information content (AvgIpc) is 2.82. The van der Waals surface area contributed by atoms with Crippen molar-refractivity contribution in [3.05, 3.63) is 41.7 Å². The van der Waals surface area contributed by atoms with Crippen molar-refractivity contribution in [3.8, 4) is 11.3 Å². The highest BCUT2D eigenvalue weighted by molar-refractivity contribution is 5.93. The number of carbonyl (C=O) groups excluding carboxylic acids is 1. The Morgan fingerprint density at radius 1 is 1.50 bits per heavy atom. The highest BCUT2D eigenvalue weighted by atomic mass is 19.1. The number of ether oxygens (including phenoxy) is 1. The van der Waals surface area contributed by atoms with E-state index in [0.29, 0.717) is 11.1 Å². The minimum Gasteiger partial charge on any atom is -0.461 e. The van der Waals surface area contributed by atoms with E-state index >= 15 is 0 Å². The van der Waals surface area contributed by atoms with E-state index in [4.69, 9.17) is 9.15 Å². The van der Waals surface area contributed by atoms with Gasteiger partial charge in [0.05, 0.1) is 6.61 Å². The second kappa shape index (κ2) is 5.00. The molecule has 4 nitrogen and oxygen atoms in total. The maximum absolute atomic E-state index is 13.5. The second-order valence-electron chi connectivity index (χ2n) is 3.71. The van der Waals surface area contributed by atoms with Gasteiger partial charge in [0.1, 0.15) is 5.82 Å². The summed E-state index contributed by atoms with van der Waals surface area (Å²) in [4.78, 5) is 15.4. The molecule has 0 fully saturated rings. The first kappa shape index (κ1) is 12.3. The number of oxazole rings is 1. The standard InChI is InChI=1S/C13H12FNO3/c1-3-17-13(16)11-12(18-7-15-11)9-5-4-8(2)10(14)6-9/h4-7H,3H2,1-2H3. The monoisotopic (exact) mass is 249 g/mol. The fraction of sp³-hybridized carbons (Fsp3) is 0.231. The van der Waals surface area contributed by atoms with E-state index in [1.165, 1.54) is 6.07 Å². The molecule has 0 bridgehead atoms. The van der Waals surface area contributed by atoms with E-state index in [9.17, 15) is 9.18 Å². The minimum atomic E-state index is -0.581. The molecular formula is C13H12FNO3. The van der Waals surface area contributed by atoms with Crippen LogP contribution in [0.25, 0.3) is 11.3 Å². The molecule has 1 aromatic heterocycles. The summed E-state index contributed by atoms with van der Waals surface area (Å²) in [5.74, 6) is -0.728. The van der Waals surface area contributed by atoms with E-state index in [0.717, 1.165) is 6.39 Å². The Morgan fingerprint density at radius 3 is 2.94 bits per heavy atom. The summed E-state index contributed by atoms with van der Waals surface area (Å²) in [5, 5.41) is 0. The molecule has 0 aliphatic heterocycles. The summed E-state index contributed by atoms with van der Waals surface area (Å²) in [6.07, 6.45) is 1.14. The number of hydrogen-bond donors (Lipinski definition) is 0. The number of aromatic nitrogens is 1. The molecule has 0 radical (unpaired) electrons. The van der Waals surface area contributed by atoms with E-state index in [-0.39, 0.29) is 23.9 Å². The van der Waals surface area contributed by atoms with Crippen LogP contribution in [0.15, 0.2) is 29.0 Å². The zero-order chi connectivity index (χ0) is 13.1. The van der Waals surface area contributed by atoms with Crippen molar-refractivity contribution in [2.24, 2.45) is 0 Å². The van der Waals surface area contributed by atoms with Gasteiger partial charge in [0, 0.05) is 5.56 Å². The molecule has 0 unspecified atom stereocenters. The third-order valence-corrected chi connectivity index (χ3v) is 2.47. The zero-order valence-electron chi connectivity index (χ0n) is 10.1. The number of hydrogen-bond acceptors (Lipinski definition) is 4. The van der Waals surface area contributed by atoms with Gasteiger partial charge < -0.3 is 9.15 Å². The highest BCUT2D eigenvalue weighted by Crippen LogP contribution is 2.25. The van der Waals surface area contributed by atoms with Crippen LogP contribution in [0.3, 0.4) is 0 Å². The third kappa shape index (κ3) is 2.25. The topological polar surface area (TPSA) is 52.3 Å². The summed E-state index contributed by atoms with van der Waals surface area (Å²) in [5.41, 5.74) is 1.04. The van der Waals surface area contributed by atoms with E-state index in [2.05, 4.69) is 4.98 Å². The van der Waals surface area contributed by atoms with Crippen molar-refractivity contribution in [3.63, 3.8) is 0 Å². The average molecular weight is 249 g/mol. The number of nitrogens with zero attached hydrogens (tertiary/aromatic N) is 1. The number of esters is 1. The van der Waals surface area contributed by atoms with Crippen molar-refractivity contribution in [1.82, 2.24) is 4.98 Å². The number of aryl methyl sites for hydroxylation is 1. The molecule has 2 rings (SSSR count). The van der Waals surface area contributed by atoms with Gasteiger partial charge in [-0.3, -0.25) is 0 Å². The van der Waals surface area contributed by atoms with Crippen LogP contribution in [0.4, 0.5) is 4.39 Å². The molecule has 1 aromatic carbocycles. The summed E-state index contributed by atoms with van der Waals surface area (Å²) in [6.45, 7) is 3.60. The largest absolute Gasteiger partial charge is 0.461 e. The van der Waals surface area contributed by atoms with Crippen molar-refractivity contribution in [1.29, 1.82) is 0 Å². The third-order valence-electron chi connectivity index (χ3n) is 2.47. The molecule has 0 saturated carbocycles. The Morgan fingerprint density at radius 2 is 2.28 bits per heavy atom. The molecule has 18 heavy (non-hydrogen) atoms. The Bertz CT molecular complexity index is 577. The van der Waals surface area contributed by atoms with E-state index in [1.54, 1.807) is 26.0 Å². The normalized spacial score (nSPS) is 10.4. The van der Waals surface area contributed by atoms with E-state index in [1.807, 2.05) is 0 Å². The van der Waals surface area contributed by atoms with Crippen LogP contribution in [0, 0.1) is 12.7 Å². The highest BCUT2D eigenvalue weighted by Gasteiger charge is 2.19. The first-order chi connectivity index (χ1) is 8.63.